The number of halogens is 6. The van der Waals surface area contributed by atoms with Gasteiger partial charge in [-0.3, -0.25) is 9.69 Å². The summed E-state index contributed by atoms with van der Waals surface area (Å²) in [6, 6.07) is 3.83. The first-order chi connectivity index (χ1) is 23.8. The second kappa shape index (κ2) is 12.4. The second-order valence-corrected chi connectivity index (χ2v) is 14.2. The predicted molar refractivity (Wildman–Crippen MR) is 177 cm³/mol. The average molecular weight is 718 g/mol. The van der Waals surface area contributed by atoms with Crippen LogP contribution >= 0.6 is 11.3 Å². The fourth-order valence-corrected chi connectivity index (χ4v) is 8.93. The van der Waals surface area contributed by atoms with Crippen LogP contribution in [0.15, 0.2) is 18.2 Å². The summed E-state index contributed by atoms with van der Waals surface area (Å²) >= 11 is 0.681. The number of anilines is 2. The lowest BCUT2D eigenvalue weighted by Crippen LogP contribution is -2.43. The van der Waals surface area contributed by atoms with Gasteiger partial charge in [-0.05, 0) is 50.4 Å². The molecule has 0 bridgehead atoms. The molecular formula is C34H33F6N7O2S. The number of carbonyl (C=O) groups excluding carboxylic acids is 1. The van der Waals surface area contributed by atoms with Crippen LogP contribution in [0.3, 0.4) is 0 Å². The number of rotatable bonds is 7. The Hall–Kier alpha value is -4.36. The van der Waals surface area contributed by atoms with Crippen LogP contribution < -0.4 is 15.4 Å². The number of aromatic nitrogens is 2. The number of alkyl halides is 4. The number of nitrogen functional groups attached to an aromatic ring is 1. The van der Waals surface area contributed by atoms with Gasteiger partial charge in [-0.25, -0.2) is 13.2 Å². The van der Waals surface area contributed by atoms with Gasteiger partial charge in [-0.15, -0.1) is 11.3 Å². The van der Waals surface area contributed by atoms with E-state index in [4.69, 9.17) is 10.5 Å². The lowest BCUT2D eigenvalue weighted by atomic mass is 9.92. The van der Waals surface area contributed by atoms with Gasteiger partial charge in [0.05, 0.1) is 21.4 Å². The highest BCUT2D eigenvalue weighted by molar-refractivity contribution is 7.23. The molecule has 3 fully saturated rings. The summed E-state index contributed by atoms with van der Waals surface area (Å²) < 4.78 is 97.5. The maximum atomic E-state index is 17.1. The minimum atomic E-state index is -5.11. The number of fused-ring (bicyclic) bond motifs is 3. The van der Waals surface area contributed by atoms with E-state index in [0.29, 0.717) is 37.3 Å². The average Bonchev–Trinajstić information content (AvgIpc) is 3.83. The number of hydrogen-bond acceptors (Lipinski definition) is 9. The van der Waals surface area contributed by atoms with Crippen LogP contribution in [-0.2, 0) is 11.0 Å². The van der Waals surface area contributed by atoms with Crippen molar-refractivity contribution in [3.63, 3.8) is 0 Å². The van der Waals surface area contributed by atoms with Crippen LogP contribution in [0, 0.1) is 23.0 Å². The van der Waals surface area contributed by atoms with E-state index in [1.165, 1.54) is 6.92 Å². The highest BCUT2D eigenvalue weighted by Crippen LogP contribution is 2.48. The third-order valence-electron chi connectivity index (χ3n) is 10.3. The maximum absolute atomic E-state index is 17.1. The van der Waals surface area contributed by atoms with Gasteiger partial charge >= 0.3 is 12.2 Å². The molecule has 0 saturated carbocycles. The molecule has 16 heteroatoms. The normalized spacial score (nSPS) is 22.4. The second-order valence-electron chi connectivity index (χ2n) is 13.1. The van der Waals surface area contributed by atoms with Gasteiger partial charge in [0.15, 0.2) is 5.82 Å². The van der Waals surface area contributed by atoms with E-state index in [1.807, 2.05) is 11.0 Å². The number of nitriles is 1. The van der Waals surface area contributed by atoms with Crippen molar-refractivity contribution >= 4 is 49.1 Å². The third kappa shape index (κ3) is 5.54. The quantitative estimate of drug-likeness (QED) is 0.211. The molecule has 1 amide bonds. The van der Waals surface area contributed by atoms with Crippen LogP contribution in [0.4, 0.5) is 37.2 Å². The molecule has 3 aliphatic heterocycles. The molecule has 3 saturated heterocycles. The molecule has 0 radical (unpaired) electrons. The molecule has 9 nitrogen and oxygen atoms in total. The van der Waals surface area contributed by atoms with Crippen molar-refractivity contribution in [2.45, 2.75) is 63.5 Å². The first-order valence-corrected chi connectivity index (χ1v) is 17.1. The Balaban J connectivity index is 1.46. The van der Waals surface area contributed by atoms with Crippen molar-refractivity contribution in [3.8, 4) is 23.2 Å². The number of nitrogens with zero attached hydrogens (tertiary/aromatic N) is 6. The summed E-state index contributed by atoms with van der Waals surface area (Å²) in [5.74, 6) is -2.37. The number of likely N-dealkylation sites (tertiary alicyclic amines) is 1. The van der Waals surface area contributed by atoms with E-state index in [1.54, 1.807) is 16.7 Å². The number of hydrogen-bond donors (Lipinski definition) is 1. The van der Waals surface area contributed by atoms with E-state index in [-0.39, 0.29) is 88.0 Å². The Labute approximate surface area is 287 Å². The van der Waals surface area contributed by atoms with Crippen LogP contribution in [0.1, 0.15) is 50.7 Å². The number of benzene rings is 2. The zero-order valence-electron chi connectivity index (χ0n) is 27.2. The van der Waals surface area contributed by atoms with Crippen LogP contribution in [0.25, 0.3) is 32.1 Å². The first kappa shape index (κ1) is 34.1. The number of thiophene rings is 1. The largest absolute Gasteiger partial charge is 0.461 e. The van der Waals surface area contributed by atoms with Crippen LogP contribution in [-0.4, -0.2) is 82.8 Å². The van der Waals surface area contributed by atoms with Gasteiger partial charge in [-0.2, -0.15) is 28.4 Å². The van der Waals surface area contributed by atoms with E-state index in [0.717, 1.165) is 24.6 Å². The smallest absolute Gasteiger partial charge is 0.417 e. The molecular weight excluding hydrogens is 684 g/mol. The molecule has 2 aromatic carbocycles. The summed E-state index contributed by atoms with van der Waals surface area (Å²) in [4.78, 5) is 26.4. The third-order valence-corrected chi connectivity index (χ3v) is 11.3. The lowest BCUT2D eigenvalue weighted by molar-refractivity contribution is -0.137. The maximum Gasteiger partial charge on any atom is 0.417 e. The molecule has 3 unspecified atom stereocenters. The van der Waals surface area contributed by atoms with Crippen molar-refractivity contribution in [2.75, 3.05) is 50.0 Å². The molecule has 3 atom stereocenters. The zero-order valence-corrected chi connectivity index (χ0v) is 28.0. The Morgan fingerprint density at radius 1 is 1.24 bits per heavy atom. The van der Waals surface area contributed by atoms with Gasteiger partial charge in [0.25, 0.3) is 0 Å². The van der Waals surface area contributed by atoms with E-state index in [2.05, 4.69) is 9.97 Å². The molecule has 50 heavy (non-hydrogen) atoms. The standard InChI is InChI=1S/C34H33F6N7O2S/c1-3-47(19-7-10-45(15-19)17(2)48)31-21-11-23(34(38,39)40)26(20-5-6-24(36)29-25(20)22(13-41)30(42)50-29)27(37)28(21)43-32(44-31)49-16-33-8-4-9-46(33)14-18(35)12-33/h5-6,11,18-19H,3-4,7-10,12,14-16,42H2,1-2H3. The number of amides is 1. The molecule has 0 aliphatic carbocycles. The highest BCUT2D eigenvalue weighted by Gasteiger charge is 2.49. The van der Waals surface area contributed by atoms with Gasteiger partial charge in [0.2, 0.25) is 5.91 Å². The predicted octanol–water partition coefficient (Wildman–Crippen LogP) is 6.66. The van der Waals surface area contributed by atoms with Gasteiger partial charge < -0.3 is 20.3 Å². The molecule has 2 aromatic heterocycles. The van der Waals surface area contributed by atoms with Gasteiger partial charge in [-0.1, -0.05) is 6.07 Å². The monoisotopic (exact) mass is 717 g/mol. The number of nitrogens with two attached hydrogens (primary N) is 1. The van der Waals surface area contributed by atoms with Gasteiger partial charge in [0.1, 0.15) is 41.0 Å². The molecule has 4 aromatic rings. The Kier molecular flexibility index (Phi) is 8.49. The highest BCUT2D eigenvalue weighted by atomic mass is 32.1. The minimum Gasteiger partial charge on any atom is -0.461 e. The molecule has 7 rings (SSSR count). The van der Waals surface area contributed by atoms with E-state index >= 15 is 17.6 Å². The van der Waals surface area contributed by atoms with Crippen LogP contribution in [0.2, 0.25) is 0 Å². The topological polar surface area (TPSA) is 112 Å². The van der Waals surface area contributed by atoms with Crippen molar-refractivity contribution < 1.29 is 35.9 Å². The van der Waals surface area contributed by atoms with E-state index < -0.39 is 46.2 Å². The summed E-state index contributed by atoms with van der Waals surface area (Å²) in [7, 11) is 0. The molecule has 3 aliphatic rings. The minimum absolute atomic E-state index is 0.0144. The first-order valence-electron chi connectivity index (χ1n) is 16.3. The summed E-state index contributed by atoms with van der Waals surface area (Å²) in [6.45, 7) is 5.07. The van der Waals surface area contributed by atoms with Crippen LogP contribution in [0.5, 0.6) is 6.01 Å². The van der Waals surface area contributed by atoms with E-state index in [9.17, 15) is 18.8 Å². The number of carbonyl (C=O) groups is 1. The molecule has 5 heterocycles. The zero-order chi connectivity index (χ0) is 35.7. The van der Waals surface area contributed by atoms with Crippen molar-refractivity contribution in [1.82, 2.24) is 19.8 Å². The fourth-order valence-electron chi connectivity index (χ4n) is 7.98. The lowest BCUT2D eigenvalue weighted by Gasteiger charge is -2.32. The fraction of sp³-hybridized carbons (Fsp3) is 0.471. The summed E-state index contributed by atoms with van der Waals surface area (Å²) in [5.41, 5.74) is 1.91. The Morgan fingerprint density at radius 3 is 2.70 bits per heavy atom. The number of likely N-dealkylation sites (N-methyl/N-ethyl adjacent to an activating group) is 1. The molecule has 0 spiro atoms. The Bertz CT molecular complexity index is 2070. The Morgan fingerprint density at radius 2 is 2.02 bits per heavy atom. The summed E-state index contributed by atoms with van der Waals surface area (Å²) in [6.07, 6.45) is -3.94. The summed E-state index contributed by atoms with van der Waals surface area (Å²) in [5, 5.41) is 9.22. The van der Waals surface area contributed by atoms with Crippen molar-refractivity contribution in [3.05, 3.63) is 41.0 Å². The number of ether oxygens (including phenoxy) is 1. The molecule has 2 N–H and O–H groups in total. The molecule has 264 valence electrons. The van der Waals surface area contributed by atoms with Crippen molar-refractivity contribution in [1.29, 1.82) is 5.26 Å². The van der Waals surface area contributed by atoms with Gasteiger partial charge in [0, 0.05) is 61.9 Å². The SMILES string of the molecule is CCN(c1nc(OCC23CCCN2CC(F)C3)nc2c(F)c(-c3ccc(F)c4sc(N)c(C#N)c34)c(C(F)(F)F)cc12)C1CCN(C(C)=O)C1. The van der Waals surface area contributed by atoms with Crippen molar-refractivity contribution in [2.24, 2.45) is 0 Å².